The molecule has 5 nitrogen and oxygen atoms in total. The van der Waals surface area contributed by atoms with Crippen LogP contribution < -0.4 is 0 Å². The molecular formula is C46H28N4O. The van der Waals surface area contributed by atoms with Crippen molar-refractivity contribution >= 4 is 43.4 Å². The van der Waals surface area contributed by atoms with Gasteiger partial charge in [0.05, 0.1) is 0 Å². The SMILES string of the molecule is c1cc(-c2cc(-c3cc(-c4cncc5ccccc45)cc(-c4cncc5ccccc45)c3)cc(-c3nc4ccccc4o3)c2)c2ccncc2c1. The highest BCUT2D eigenvalue weighted by molar-refractivity contribution is 6.02. The molecule has 0 radical (unpaired) electrons. The first-order chi connectivity index (χ1) is 25.2. The van der Waals surface area contributed by atoms with Crippen molar-refractivity contribution in [2.75, 3.05) is 0 Å². The molecule has 0 N–H and O–H groups in total. The summed E-state index contributed by atoms with van der Waals surface area (Å²) in [4.78, 5) is 18.6. The second-order valence-electron chi connectivity index (χ2n) is 12.8. The molecule has 0 aliphatic carbocycles. The maximum absolute atomic E-state index is 6.37. The highest BCUT2D eigenvalue weighted by atomic mass is 16.3. The van der Waals surface area contributed by atoms with Crippen LogP contribution in [0.3, 0.4) is 0 Å². The maximum atomic E-state index is 6.37. The van der Waals surface area contributed by atoms with Crippen LogP contribution in [0.2, 0.25) is 0 Å². The van der Waals surface area contributed by atoms with Crippen LogP contribution in [0.1, 0.15) is 0 Å². The number of aromatic nitrogens is 4. The van der Waals surface area contributed by atoms with E-state index in [-0.39, 0.29) is 0 Å². The van der Waals surface area contributed by atoms with Crippen molar-refractivity contribution in [3.8, 4) is 56.0 Å². The molecule has 4 aromatic heterocycles. The Hall–Kier alpha value is -6.98. The molecule has 10 aromatic rings. The first-order valence-corrected chi connectivity index (χ1v) is 16.9. The van der Waals surface area contributed by atoms with Crippen molar-refractivity contribution in [2.45, 2.75) is 0 Å². The standard InChI is InChI=1S/C46H28N4O/c1-3-11-38-29(8-1)25-48-27-42(38)35-19-32(20-36(22-35)43-28-49-26-30-9-2-4-12-39(30)43)33-18-34(40-13-7-10-31-24-47-17-16-41(31)40)23-37(21-33)46-50-44-14-5-6-15-45(44)51-46/h1-28H. The minimum absolute atomic E-state index is 0.578. The van der Waals surface area contributed by atoms with E-state index in [1.807, 2.05) is 61.4 Å². The fourth-order valence-corrected chi connectivity index (χ4v) is 7.24. The number of oxazole rings is 1. The summed E-state index contributed by atoms with van der Waals surface area (Å²) in [7, 11) is 0. The number of hydrogen-bond donors (Lipinski definition) is 0. The van der Waals surface area contributed by atoms with Crippen LogP contribution in [-0.4, -0.2) is 19.9 Å². The molecule has 238 valence electrons. The monoisotopic (exact) mass is 652 g/mol. The highest BCUT2D eigenvalue weighted by Crippen LogP contribution is 2.41. The van der Waals surface area contributed by atoms with Gasteiger partial charge in [-0.1, -0.05) is 78.9 Å². The van der Waals surface area contributed by atoms with E-state index < -0.39 is 0 Å². The Morgan fingerprint density at radius 1 is 0.373 bits per heavy atom. The van der Waals surface area contributed by atoms with Gasteiger partial charge in [0.15, 0.2) is 5.58 Å². The van der Waals surface area contributed by atoms with Gasteiger partial charge in [0, 0.05) is 70.0 Å². The largest absolute Gasteiger partial charge is 0.436 e. The molecule has 6 aromatic carbocycles. The number of nitrogens with zero attached hydrogens (tertiary/aromatic N) is 4. The Morgan fingerprint density at radius 2 is 0.882 bits per heavy atom. The summed E-state index contributed by atoms with van der Waals surface area (Å²) in [5.41, 5.74) is 11.0. The Kier molecular flexibility index (Phi) is 6.74. The molecule has 0 unspecified atom stereocenters. The number of rotatable bonds is 5. The summed E-state index contributed by atoms with van der Waals surface area (Å²) in [6, 6.07) is 46.6. The van der Waals surface area contributed by atoms with Crippen LogP contribution in [0.15, 0.2) is 175 Å². The van der Waals surface area contributed by atoms with Gasteiger partial charge in [0.25, 0.3) is 0 Å². The van der Waals surface area contributed by atoms with E-state index in [0.717, 1.165) is 93.5 Å². The Morgan fingerprint density at radius 3 is 1.57 bits per heavy atom. The number of pyridine rings is 3. The molecule has 5 heteroatoms. The first-order valence-electron chi connectivity index (χ1n) is 16.9. The number of benzene rings is 6. The van der Waals surface area contributed by atoms with E-state index in [4.69, 9.17) is 9.40 Å². The smallest absolute Gasteiger partial charge is 0.227 e. The Bertz CT molecular complexity index is 2800. The zero-order valence-electron chi connectivity index (χ0n) is 27.4. The fraction of sp³-hybridized carbons (Fsp3) is 0. The molecule has 0 aliphatic heterocycles. The predicted octanol–water partition coefficient (Wildman–Crippen LogP) is 11.8. The summed E-state index contributed by atoms with van der Waals surface area (Å²) in [6.07, 6.45) is 11.6. The number of hydrogen-bond acceptors (Lipinski definition) is 5. The number of fused-ring (bicyclic) bond motifs is 4. The molecule has 0 saturated heterocycles. The van der Waals surface area contributed by atoms with Gasteiger partial charge in [-0.3, -0.25) is 15.0 Å². The second-order valence-corrected chi connectivity index (χ2v) is 12.8. The Balaban J connectivity index is 1.26. The predicted molar refractivity (Wildman–Crippen MR) is 207 cm³/mol. The topological polar surface area (TPSA) is 64.7 Å². The molecule has 0 spiro atoms. The van der Waals surface area contributed by atoms with Gasteiger partial charge in [0.2, 0.25) is 5.89 Å². The molecule has 10 rings (SSSR count). The molecular weight excluding hydrogens is 625 g/mol. The second kappa shape index (κ2) is 11.9. The molecule has 0 saturated carbocycles. The molecule has 0 fully saturated rings. The third-order valence-corrected chi connectivity index (χ3v) is 9.69. The Labute approximate surface area is 293 Å². The van der Waals surface area contributed by atoms with Crippen molar-refractivity contribution in [1.82, 2.24) is 19.9 Å². The van der Waals surface area contributed by atoms with Crippen molar-refractivity contribution in [3.05, 3.63) is 171 Å². The van der Waals surface area contributed by atoms with Crippen LogP contribution in [0, 0.1) is 0 Å². The van der Waals surface area contributed by atoms with Gasteiger partial charge in [0.1, 0.15) is 5.52 Å². The van der Waals surface area contributed by atoms with E-state index >= 15 is 0 Å². The van der Waals surface area contributed by atoms with Gasteiger partial charge >= 0.3 is 0 Å². The summed E-state index contributed by atoms with van der Waals surface area (Å²) in [5.74, 6) is 0.578. The minimum atomic E-state index is 0.578. The van der Waals surface area contributed by atoms with Gasteiger partial charge in [-0.05, 0) is 104 Å². The van der Waals surface area contributed by atoms with E-state index in [1.165, 1.54) is 0 Å². The van der Waals surface area contributed by atoms with Crippen LogP contribution in [0.25, 0.3) is 99.4 Å². The molecule has 0 atom stereocenters. The van der Waals surface area contributed by atoms with Gasteiger partial charge in [-0.2, -0.15) is 0 Å². The van der Waals surface area contributed by atoms with Crippen LogP contribution >= 0.6 is 0 Å². The summed E-state index contributed by atoms with van der Waals surface area (Å²) in [5, 5.41) is 6.71. The zero-order valence-corrected chi connectivity index (χ0v) is 27.4. The third kappa shape index (κ3) is 5.11. The lowest BCUT2D eigenvalue weighted by Gasteiger charge is -2.15. The van der Waals surface area contributed by atoms with E-state index in [0.29, 0.717) is 5.89 Å². The maximum Gasteiger partial charge on any atom is 0.227 e. The van der Waals surface area contributed by atoms with Crippen molar-refractivity contribution < 1.29 is 4.42 Å². The van der Waals surface area contributed by atoms with Crippen molar-refractivity contribution in [2.24, 2.45) is 0 Å². The lowest BCUT2D eigenvalue weighted by Crippen LogP contribution is -1.91. The van der Waals surface area contributed by atoms with Gasteiger partial charge < -0.3 is 4.42 Å². The van der Waals surface area contributed by atoms with Gasteiger partial charge in [-0.15, -0.1) is 0 Å². The average Bonchev–Trinajstić information content (AvgIpc) is 3.65. The van der Waals surface area contributed by atoms with E-state index in [9.17, 15) is 0 Å². The molecule has 51 heavy (non-hydrogen) atoms. The summed E-state index contributed by atoms with van der Waals surface area (Å²) in [6.45, 7) is 0. The molecule has 0 amide bonds. The van der Waals surface area contributed by atoms with E-state index in [1.54, 1.807) is 0 Å². The molecule has 4 heterocycles. The zero-order chi connectivity index (χ0) is 33.7. The number of para-hydroxylation sites is 2. The summed E-state index contributed by atoms with van der Waals surface area (Å²) < 4.78 is 6.37. The molecule has 0 bridgehead atoms. The minimum Gasteiger partial charge on any atom is -0.436 e. The molecule has 0 aliphatic rings. The normalized spacial score (nSPS) is 11.5. The summed E-state index contributed by atoms with van der Waals surface area (Å²) >= 11 is 0. The van der Waals surface area contributed by atoms with Crippen LogP contribution in [0.4, 0.5) is 0 Å². The van der Waals surface area contributed by atoms with E-state index in [2.05, 4.69) is 124 Å². The quantitative estimate of drug-likeness (QED) is 0.185. The highest BCUT2D eigenvalue weighted by Gasteiger charge is 2.17. The average molecular weight is 653 g/mol. The lowest BCUT2D eigenvalue weighted by molar-refractivity contribution is 0.620. The van der Waals surface area contributed by atoms with Crippen LogP contribution in [0.5, 0.6) is 0 Å². The lowest BCUT2D eigenvalue weighted by atomic mass is 9.89. The third-order valence-electron chi connectivity index (χ3n) is 9.69. The fourth-order valence-electron chi connectivity index (χ4n) is 7.24. The van der Waals surface area contributed by atoms with Crippen LogP contribution in [-0.2, 0) is 0 Å². The van der Waals surface area contributed by atoms with Crippen molar-refractivity contribution in [1.29, 1.82) is 0 Å². The van der Waals surface area contributed by atoms with Gasteiger partial charge in [-0.25, -0.2) is 4.98 Å². The first kappa shape index (κ1) is 29.0. The van der Waals surface area contributed by atoms with Crippen molar-refractivity contribution in [3.63, 3.8) is 0 Å².